The predicted octanol–water partition coefficient (Wildman–Crippen LogP) is 3.06. The highest BCUT2D eigenvalue weighted by Crippen LogP contribution is 2.42. The van der Waals surface area contributed by atoms with Gasteiger partial charge in [0.25, 0.3) is 0 Å². The van der Waals surface area contributed by atoms with E-state index in [0.29, 0.717) is 12.6 Å². The second-order valence-corrected chi connectivity index (χ2v) is 5.98. The number of thiazole rings is 1. The molecule has 1 heterocycles. The van der Waals surface area contributed by atoms with Crippen LogP contribution in [0.1, 0.15) is 54.6 Å². The number of rotatable bonds is 7. The van der Waals surface area contributed by atoms with E-state index in [1.807, 2.05) is 0 Å². The van der Waals surface area contributed by atoms with Crippen molar-refractivity contribution in [1.29, 1.82) is 0 Å². The van der Waals surface area contributed by atoms with Gasteiger partial charge in [0, 0.05) is 30.5 Å². The van der Waals surface area contributed by atoms with Gasteiger partial charge in [-0.2, -0.15) is 0 Å². The van der Waals surface area contributed by atoms with Gasteiger partial charge >= 0.3 is 0 Å². The molecule has 0 amide bonds. The van der Waals surface area contributed by atoms with Crippen molar-refractivity contribution in [2.24, 2.45) is 0 Å². The predicted molar refractivity (Wildman–Crippen MR) is 71.4 cm³/mol. The minimum Gasteiger partial charge on any atom is -0.378 e. The van der Waals surface area contributed by atoms with Crippen LogP contribution in [0.4, 0.5) is 0 Å². The minimum absolute atomic E-state index is 0.579. The van der Waals surface area contributed by atoms with E-state index < -0.39 is 0 Å². The number of ether oxygens (including phenoxy) is 1. The molecule has 3 nitrogen and oxygen atoms in total. The van der Waals surface area contributed by atoms with Gasteiger partial charge in [-0.1, -0.05) is 6.92 Å². The molecule has 1 fully saturated rings. The summed E-state index contributed by atoms with van der Waals surface area (Å²) < 4.78 is 5.17. The molecule has 0 aromatic carbocycles. The molecule has 4 heteroatoms. The van der Waals surface area contributed by atoms with Gasteiger partial charge in [0.2, 0.25) is 0 Å². The molecule has 0 spiro atoms. The highest BCUT2D eigenvalue weighted by Gasteiger charge is 2.29. The van der Waals surface area contributed by atoms with Gasteiger partial charge in [-0.15, -0.1) is 11.3 Å². The Morgan fingerprint density at radius 1 is 1.53 bits per heavy atom. The summed E-state index contributed by atoms with van der Waals surface area (Å²) in [5.41, 5.74) is 1.33. The average molecular weight is 254 g/mol. The summed E-state index contributed by atoms with van der Waals surface area (Å²) in [5, 5.41) is 4.68. The number of hydrogen-bond donors (Lipinski definition) is 1. The highest BCUT2D eigenvalue weighted by molar-refractivity contribution is 7.11. The summed E-state index contributed by atoms with van der Waals surface area (Å²) in [4.78, 5) is 6.14. The van der Waals surface area contributed by atoms with Crippen LogP contribution in [0.2, 0.25) is 0 Å². The Kier molecular flexibility index (Phi) is 4.54. The summed E-state index contributed by atoms with van der Waals surface area (Å²) in [6, 6.07) is 0.579. The van der Waals surface area contributed by atoms with Crippen molar-refractivity contribution in [2.45, 2.75) is 58.2 Å². The molecule has 1 unspecified atom stereocenters. The number of aromatic nitrogens is 1. The number of hydrogen-bond acceptors (Lipinski definition) is 4. The van der Waals surface area contributed by atoms with Crippen molar-refractivity contribution < 1.29 is 4.74 Å². The van der Waals surface area contributed by atoms with Crippen LogP contribution in [-0.4, -0.2) is 18.1 Å². The van der Waals surface area contributed by atoms with E-state index in [9.17, 15) is 0 Å². The van der Waals surface area contributed by atoms with Crippen molar-refractivity contribution in [3.05, 3.63) is 15.6 Å². The molecule has 17 heavy (non-hydrogen) atoms. The molecule has 1 aromatic heterocycles. The van der Waals surface area contributed by atoms with Gasteiger partial charge in [0.05, 0.1) is 12.3 Å². The minimum atomic E-state index is 0.579. The summed E-state index contributed by atoms with van der Waals surface area (Å²) in [6.45, 7) is 6.05. The molecule has 1 aliphatic carbocycles. The van der Waals surface area contributed by atoms with E-state index in [1.54, 1.807) is 18.4 Å². The second kappa shape index (κ2) is 5.94. The van der Waals surface area contributed by atoms with Crippen LogP contribution in [0.3, 0.4) is 0 Å². The van der Waals surface area contributed by atoms with Gasteiger partial charge < -0.3 is 10.1 Å². The average Bonchev–Trinajstić information content (AvgIpc) is 3.09. The third kappa shape index (κ3) is 3.50. The SMILES string of the molecule is CCC(C)NCc1sc(COC)nc1C1CC1. The summed E-state index contributed by atoms with van der Waals surface area (Å²) >= 11 is 1.81. The third-order valence-electron chi connectivity index (χ3n) is 3.23. The lowest BCUT2D eigenvalue weighted by molar-refractivity contribution is 0.184. The molecule has 0 aliphatic heterocycles. The second-order valence-electron chi connectivity index (χ2n) is 4.81. The Bertz CT molecular complexity index is 360. The van der Waals surface area contributed by atoms with Crippen LogP contribution in [0, 0.1) is 0 Å². The maximum absolute atomic E-state index is 5.17. The first-order valence-corrected chi connectivity index (χ1v) is 7.27. The summed E-state index contributed by atoms with van der Waals surface area (Å²) in [6.07, 6.45) is 3.79. The van der Waals surface area contributed by atoms with Gasteiger partial charge in [-0.3, -0.25) is 0 Å². The number of methoxy groups -OCH3 is 1. The van der Waals surface area contributed by atoms with Crippen molar-refractivity contribution >= 4 is 11.3 Å². The first-order valence-electron chi connectivity index (χ1n) is 6.45. The lowest BCUT2D eigenvalue weighted by atomic mass is 10.2. The molecule has 0 bridgehead atoms. The normalized spacial score (nSPS) is 17.4. The van der Waals surface area contributed by atoms with E-state index in [2.05, 4.69) is 19.2 Å². The van der Waals surface area contributed by atoms with Crippen LogP contribution < -0.4 is 5.32 Å². The zero-order chi connectivity index (χ0) is 12.3. The van der Waals surface area contributed by atoms with Crippen molar-refractivity contribution in [3.8, 4) is 0 Å². The van der Waals surface area contributed by atoms with Crippen LogP contribution >= 0.6 is 11.3 Å². The quantitative estimate of drug-likeness (QED) is 0.812. The molecule has 1 aliphatic rings. The maximum atomic E-state index is 5.17. The Hall–Kier alpha value is -0.450. The van der Waals surface area contributed by atoms with Crippen LogP contribution in [-0.2, 0) is 17.9 Å². The smallest absolute Gasteiger partial charge is 0.119 e. The lowest BCUT2D eigenvalue weighted by Gasteiger charge is -2.10. The first-order chi connectivity index (χ1) is 8.24. The number of nitrogens with one attached hydrogen (secondary N) is 1. The fraction of sp³-hybridized carbons (Fsp3) is 0.769. The largest absolute Gasteiger partial charge is 0.378 e. The van der Waals surface area contributed by atoms with E-state index in [-0.39, 0.29) is 0 Å². The zero-order valence-corrected chi connectivity index (χ0v) is 11.8. The lowest BCUT2D eigenvalue weighted by Crippen LogP contribution is -2.24. The fourth-order valence-corrected chi connectivity index (χ4v) is 2.89. The Balaban J connectivity index is 2.02. The Morgan fingerprint density at radius 3 is 2.88 bits per heavy atom. The van der Waals surface area contributed by atoms with Crippen LogP contribution in [0.15, 0.2) is 0 Å². The van der Waals surface area contributed by atoms with Crippen molar-refractivity contribution in [3.63, 3.8) is 0 Å². The van der Waals surface area contributed by atoms with E-state index in [4.69, 9.17) is 9.72 Å². The molecule has 1 aromatic rings. The standard InChI is InChI=1S/C13H22N2OS/c1-4-9(2)14-7-11-13(10-5-6-10)15-12(17-11)8-16-3/h9-10,14H,4-8H2,1-3H3. The molecular weight excluding hydrogens is 232 g/mol. The Labute approximate surface area is 108 Å². The van der Waals surface area contributed by atoms with E-state index in [0.717, 1.165) is 17.5 Å². The van der Waals surface area contributed by atoms with Gasteiger partial charge in [-0.25, -0.2) is 4.98 Å². The molecule has 2 rings (SSSR count). The highest BCUT2D eigenvalue weighted by atomic mass is 32.1. The van der Waals surface area contributed by atoms with Gasteiger partial charge in [0.15, 0.2) is 0 Å². The molecular formula is C13H22N2OS. The molecule has 1 atom stereocenters. The molecule has 0 radical (unpaired) electrons. The number of nitrogens with zero attached hydrogens (tertiary/aromatic N) is 1. The van der Waals surface area contributed by atoms with E-state index in [1.165, 1.54) is 29.8 Å². The van der Waals surface area contributed by atoms with Crippen LogP contribution in [0.25, 0.3) is 0 Å². The first kappa shape index (κ1) is 13.0. The molecule has 0 saturated heterocycles. The third-order valence-corrected chi connectivity index (χ3v) is 4.27. The summed E-state index contributed by atoms with van der Waals surface area (Å²) in [7, 11) is 1.73. The van der Waals surface area contributed by atoms with E-state index >= 15 is 0 Å². The van der Waals surface area contributed by atoms with Crippen molar-refractivity contribution in [1.82, 2.24) is 10.3 Å². The van der Waals surface area contributed by atoms with Crippen molar-refractivity contribution in [2.75, 3.05) is 7.11 Å². The van der Waals surface area contributed by atoms with Gasteiger partial charge in [-0.05, 0) is 26.2 Å². The van der Waals surface area contributed by atoms with Gasteiger partial charge in [0.1, 0.15) is 5.01 Å². The maximum Gasteiger partial charge on any atom is 0.119 e. The zero-order valence-electron chi connectivity index (χ0n) is 11.0. The fourth-order valence-electron chi connectivity index (χ4n) is 1.81. The molecule has 1 N–H and O–H groups in total. The topological polar surface area (TPSA) is 34.1 Å². The summed E-state index contributed by atoms with van der Waals surface area (Å²) in [5.74, 6) is 0.727. The monoisotopic (exact) mass is 254 g/mol. The Morgan fingerprint density at radius 2 is 2.29 bits per heavy atom. The molecule has 1 saturated carbocycles. The molecule has 96 valence electrons. The van der Waals surface area contributed by atoms with Crippen LogP contribution in [0.5, 0.6) is 0 Å².